The highest BCUT2D eigenvalue weighted by molar-refractivity contribution is 8.26. The lowest BCUT2D eigenvalue weighted by molar-refractivity contribution is 0.267. The predicted molar refractivity (Wildman–Crippen MR) is 78.5 cm³/mol. The van der Waals surface area contributed by atoms with Crippen LogP contribution in [0.15, 0.2) is 60.7 Å². The summed E-state index contributed by atoms with van der Waals surface area (Å²) in [6, 6.07) is 18.0. The van der Waals surface area contributed by atoms with Crippen LogP contribution in [0.25, 0.3) is 0 Å². The number of carbonyl (C=O) groups is 2. The Bertz CT molecular complexity index is 507. The van der Waals surface area contributed by atoms with E-state index in [4.69, 9.17) is 0 Å². The van der Waals surface area contributed by atoms with Gasteiger partial charge in [0.2, 0.25) is 0 Å². The lowest BCUT2D eigenvalue weighted by Crippen LogP contribution is -2.12. The molecule has 0 saturated carbocycles. The summed E-state index contributed by atoms with van der Waals surface area (Å²) in [6.45, 7) is 0. The first-order valence-corrected chi connectivity index (χ1v) is 6.45. The van der Waals surface area contributed by atoms with Crippen molar-refractivity contribution in [2.45, 2.75) is 0 Å². The standard InChI is InChI=1S/C14H12N2O2S/c17-13(15-11-7-3-1-4-8-11)19-14(18)16-12-9-5-2-6-10-12/h1-10H,(H,15,17)(H,16,18). The third kappa shape index (κ3) is 4.48. The molecule has 0 unspecified atom stereocenters. The fraction of sp³-hybridized carbons (Fsp3) is 0. The zero-order valence-corrected chi connectivity index (χ0v) is 10.8. The maximum atomic E-state index is 11.6. The van der Waals surface area contributed by atoms with E-state index in [-0.39, 0.29) is 0 Å². The first kappa shape index (κ1) is 13.2. The molecule has 2 aromatic carbocycles. The van der Waals surface area contributed by atoms with Crippen molar-refractivity contribution < 1.29 is 9.59 Å². The minimum absolute atomic E-state index is 0.417. The molecule has 0 aromatic heterocycles. The van der Waals surface area contributed by atoms with E-state index in [1.54, 1.807) is 24.3 Å². The van der Waals surface area contributed by atoms with Gasteiger partial charge in [-0.1, -0.05) is 36.4 Å². The van der Waals surface area contributed by atoms with E-state index in [1.165, 1.54) is 0 Å². The van der Waals surface area contributed by atoms with Crippen LogP contribution in [0.4, 0.5) is 21.0 Å². The van der Waals surface area contributed by atoms with Gasteiger partial charge in [-0.2, -0.15) is 0 Å². The number of thioether (sulfide) groups is 1. The highest BCUT2D eigenvalue weighted by Gasteiger charge is 2.10. The molecular formula is C14H12N2O2S. The van der Waals surface area contributed by atoms with Gasteiger partial charge in [0.1, 0.15) is 0 Å². The van der Waals surface area contributed by atoms with E-state index in [1.807, 2.05) is 36.4 Å². The zero-order valence-electron chi connectivity index (χ0n) is 10.00. The van der Waals surface area contributed by atoms with Crippen LogP contribution in [0.3, 0.4) is 0 Å². The molecule has 0 radical (unpaired) electrons. The Kier molecular flexibility index (Phi) is 4.58. The number of hydrogen-bond donors (Lipinski definition) is 2. The zero-order chi connectivity index (χ0) is 13.5. The second kappa shape index (κ2) is 6.61. The topological polar surface area (TPSA) is 58.2 Å². The highest BCUT2D eigenvalue weighted by Crippen LogP contribution is 2.14. The first-order valence-electron chi connectivity index (χ1n) is 5.64. The second-order valence-corrected chi connectivity index (χ2v) is 4.60. The van der Waals surface area contributed by atoms with Crippen LogP contribution >= 0.6 is 11.8 Å². The molecule has 0 heterocycles. The van der Waals surface area contributed by atoms with E-state index in [0.717, 1.165) is 0 Å². The molecule has 19 heavy (non-hydrogen) atoms. The van der Waals surface area contributed by atoms with Crippen molar-refractivity contribution in [1.29, 1.82) is 0 Å². The molecular weight excluding hydrogens is 260 g/mol. The van der Waals surface area contributed by atoms with Crippen molar-refractivity contribution in [3.8, 4) is 0 Å². The molecule has 2 N–H and O–H groups in total. The molecule has 0 bridgehead atoms. The average molecular weight is 272 g/mol. The molecule has 0 aliphatic rings. The molecule has 4 nitrogen and oxygen atoms in total. The molecule has 0 spiro atoms. The fourth-order valence-corrected chi connectivity index (χ4v) is 1.92. The quantitative estimate of drug-likeness (QED) is 0.862. The van der Waals surface area contributed by atoms with Crippen LogP contribution in [0, 0.1) is 0 Å². The van der Waals surface area contributed by atoms with Gasteiger partial charge in [0.25, 0.3) is 10.5 Å². The van der Waals surface area contributed by atoms with Crippen molar-refractivity contribution in [3.63, 3.8) is 0 Å². The number of benzene rings is 2. The van der Waals surface area contributed by atoms with Crippen LogP contribution in [-0.4, -0.2) is 10.5 Å². The van der Waals surface area contributed by atoms with Gasteiger partial charge >= 0.3 is 0 Å². The lowest BCUT2D eigenvalue weighted by Gasteiger charge is -2.05. The van der Waals surface area contributed by atoms with Crippen LogP contribution < -0.4 is 10.6 Å². The summed E-state index contributed by atoms with van der Waals surface area (Å²) in [5, 5.41) is 4.41. The van der Waals surface area contributed by atoms with E-state index < -0.39 is 10.5 Å². The third-order valence-electron chi connectivity index (χ3n) is 2.23. The van der Waals surface area contributed by atoms with Gasteiger partial charge in [-0.25, -0.2) is 0 Å². The number of carbonyl (C=O) groups excluding carboxylic acids is 2. The van der Waals surface area contributed by atoms with E-state index in [9.17, 15) is 9.59 Å². The van der Waals surface area contributed by atoms with Crippen LogP contribution in [-0.2, 0) is 0 Å². The Balaban J connectivity index is 1.84. The second-order valence-electron chi connectivity index (χ2n) is 3.66. The summed E-state index contributed by atoms with van der Waals surface area (Å²) in [4.78, 5) is 23.2. The van der Waals surface area contributed by atoms with Crippen molar-refractivity contribution in [2.75, 3.05) is 10.6 Å². The van der Waals surface area contributed by atoms with Crippen LogP contribution in [0.2, 0.25) is 0 Å². The summed E-state index contributed by atoms with van der Waals surface area (Å²) >= 11 is 0.589. The number of hydrogen-bond acceptors (Lipinski definition) is 3. The highest BCUT2D eigenvalue weighted by atomic mass is 32.2. The molecule has 0 saturated heterocycles. The maximum Gasteiger partial charge on any atom is 0.292 e. The SMILES string of the molecule is O=C(Nc1ccccc1)SC(=O)Nc1ccccc1. The maximum absolute atomic E-state index is 11.6. The van der Waals surface area contributed by atoms with Gasteiger partial charge in [0, 0.05) is 23.1 Å². The molecule has 5 heteroatoms. The summed E-state index contributed by atoms with van der Waals surface area (Å²) < 4.78 is 0. The summed E-state index contributed by atoms with van der Waals surface area (Å²) in [5.74, 6) is 0. The number of amides is 2. The minimum atomic E-state index is -0.417. The Morgan fingerprint density at radius 3 is 1.42 bits per heavy atom. The first-order chi connectivity index (χ1) is 9.24. The van der Waals surface area contributed by atoms with Gasteiger partial charge < -0.3 is 10.6 Å². The molecule has 0 fully saturated rings. The number of anilines is 2. The third-order valence-corrected chi connectivity index (χ3v) is 2.80. The Morgan fingerprint density at radius 1 is 0.684 bits per heavy atom. The molecule has 0 atom stereocenters. The van der Waals surface area contributed by atoms with E-state index in [2.05, 4.69) is 10.6 Å². The summed E-state index contributed by atoms with van der Waals surface area (Å²) in [6.07, 6.45) is 0. The molecule has 96 valence electrons. The van der Waals surface area contributed by atoms with Crippen molar-refractivity contribution >= 4 is 33.6 Å². The minimum Gasteiger partial charge on any atom is -0.316 e. The Morgan fingerprint density at radius 2 is 1.05 bits per heavy atom. The van der Waals surface area contributed by atoms with Crippen LogP contribution in [0.1, 0.15) is 0 Å². The van der Waals surface area contributed by atoms with E-state index in [0.29, 0.717) is 23.1 Å². The van der Waals surface area contributed by atoms with Gasteiger partial charge in [0.05, 0.1) is 0 Å². The number of nitrogens with one attached hydrogen (secondary N) is 2. The molecule has 0 aliphatic carbocycles. The number of para-hydroxylation sites is 2. The normalized spacial score (nSPS) is 9.68. The van der Waals surface area contributed by atoms with Gasteiger partial charge in [0.15, 0.2) is 0 Å². The Labute approximate surface area is 115 Å². The van der Waals surface area contributed by atoms with Gasteiger partial charge in [-0.3, -0.25) is 9.59 Å². The molecule has 0 aliphatic heterocycles. The predicted octanol–water partition coefficient (Wildman–Crippen LogP) is 4.18. The smallest absolute Gasteiger partial charge is 0.292 e. The summed E-state index contributed by atoms with van der Waals surface area (Å²) in [7, 11) is 0. The average Bonchev–Trinajstić information content (AvgIpc) is 2.40. The Hall–Kier alpha value is -2.27. The van der Waals surface area contributed by atoms with Gasteiger partial charge in [-0.15, -0.1) is 0 Å². The monoisotopic (exact) mass is 272 g/mol. The van der Waals surface area contributed by atoms with Crippen LogP contribution in [0.5, 0.6) is 0 Å². The van der Waals surface area contributed by atoms with Crippen molar-refractivity contribution in [2.24, 2.45) is 0 Å². The van der Waals surface area contributed by atoms with E-state index >= 15 is 0 Å². The lowest BCUT2D eigenvalue weighted by atomic mass is 10.3. The number of rotatable bonds is 2. The largest absolute Gasteiger partial charge is 0.316 e. The van der Waals surface area contributed by atoms with Crippen molar-refractivity contribution in [3.05, 3.63) is 60.7 Å². The molecule has 2 amide bonds. The van der Waals surface area contributed by atoms with Crippen molar-refractivity contribution in [1.82, 2.24) is 0 Å². The molecule has 2 aromatic rings. The van der Waals surface area contributed by atoms with Gasteiger partial charge in [-0.05, 0) is 24.3 Å². The summed E-state index contributed by atoms with van der Waals surface area (Å²) in [5.41, 5.74) is 1.32. The fourth-order valence-electron chi connectivity index (χ4n) is 1.41. The molecule has 2 rings (SSSR count).